The minimum atomic E-state index is -0.864. The second kappa shape index (κ2) is 6.43. The molecule has 1 aromatic carbocycles. The molecule has 2 aliphatic rings. The third kappa shape index (κ3) is 3.02. The minimum absolute atomic E-state index is 0.199. The van der Waals surface area contributed by atoms with Crippen molar-refractivity contribution >= 4 is 23.7 Å². The minimum Gasteiger partial charge on any atom is -0.343 e. The first-order valence-corrected chi connectivity index (χ1v) is 7.94. The number of hydrogen-bond donors (Lipinski definition) is 1. The van der Waals surface area contributed by atoms with Gasteiger partial charge in [-0.2, -0.15) is 0 Å². The lowest BCUT2D eigenvalue weighted by molar-refractivity contribution is -0.172. The number of carbonyl (C=O) groups is 4. The van der Waals surface area contributed by atoms with Gasteiger partial charge in [0.1, 0.15) is 6.04 Å². The van der Waals surface area contributed by atoms with Crippen LogP contribution >= 0.6 is 0 Å². The average molecular weight is 330 g/mol. The second-order valence-corrected chi connectivity index (χ2v) is 6.15. The van der Waals surface area contributed by atoms with Crippen LogP contribution in [-0.2, 0) is 14.4 Å². The van der Waals surface area contributed by atoms with Gasteiger partial charge in [-0.05, 0) is 24.5 Å². The Morgan fingerprint density at radius 2 is 1.79 bits per heavy atom. The Morgan fingerprint density at radius 3 is 2.25 bits per heavy atom. The van der Waals surface area contributed by atoms with Crippen LogP contribution in [0.15, 0.2) is 24.3 Å². The van der Waals surface area contributed by atoms with Crippen LogP contribution in [0.1, 0.15) is 53.3 Å². The predicted molar refractivity (Wildman–Crippen MR) is 82.6 cm³/mol. The number of imide groups is 1. The quantitative estimate of drug-likeness (QED) is 0.825. The number of nitrogens with zero attached hydrogens (tertiary/aromatic N) is 1. The largest absolute Gasteiger partial charge is 0.355 e. The number of benzene rings is 1. The van der Waals surface area contributed by atoms with Gasteiger partial charge in [-0.25, -0.2) is 4.79 Å². The molecule has 3 amide bonds. The van der Waals surface area contributed by atoms with Gasteiger partial charge < -0.3 is 10.2 Å². The first-order valence-electron chi connectivity index (χ1n) is 7.94. The maximum absolute atomic E-state index is 12.4. The second-order valence-electron chi connectivity index (χ2n) is 6.15. The Morgan fingerprint density at radius 1 is 1.21 bits per heavy atom. The van der Waals surface area contributed by atoms with Crippen LogP contribution in [0.4, 0.5) is 0 Å². The van der Waals surface area contributed by atoms with Crippen LogP contribution < -0.4 is 5.32 Å². The van der Waals surface area contributed by atoms with E-state index in [0.717, 1.165) is 19.3 Å². The topological polar surface area (TPSA) is 92.8 Å². The molecule has 24 heavy (non-hydrogen) atoms. The molecule has 0 saturated heterocycles. The van der Waals surface area contributed by atoms with Gasteiger partial charge in [-0.3, -0.25) is 14.4 Å². The molecule has 1 aromatic rings. The van der Waals surface area contributed by atoms with Crippen molar-refractivity contribution in [2.24, 2.45) is 5.92 Å². The molecule has 1 saturated carbocycles. The Bertz CT molecular complexity index is 676. The number of hydrogen-bond acceptors (Lipinski definition) is 5. The molecule has 0 spiro atoms. The molecule has 7 nitrogen and oxygen atoms in total. The van der Waals surface area contributed by atoms with E-state index >= 15 is 0 Å². The van der Waals surface area contributed by atoms with Gasteiger partial charge in [0.25, 0.3) is 11.8 Å². The highest BCUT2D eigenvalue weighted by Gasteiger charge is 2.40. The van der Waals surface area contributed by atoms with Crippen molar-refractivity contribution in [3.63, 3.8) is 0 Å². The van der Waals surface area contributed by atoms with Crippen molar-refractivity contribution < 1.29 is 24.0 Å². The molecular weight excluding hydrogens is 312 g/mol. The average Bonchev–Trinajstić information content (AvgIpc) is 2.74. The fourth-order valence-electron chi connectivity index (χ4n) is 2.92. The Hall–Kier alpha value is -2.70. The summed E-state index contributed by atoms with van der Waals surface area (Å²) in [6, 6.07) is 5.40. The number of carbonyl (C=O) groups excluding carboxylic acids is 4. The summed E-state index contributed by atoms with van der Waals surface area (Å²) < 4.78 is 0. The van der Waals surface area contributed by atoms with Gasteiger partial charge >= 0.3 is 5.97 Å². The van der Waals surface area contributed by atoms with Crippen molar-refractivity contribution in [1.82, 2.24) is 10.4 Å². The van der Waals surface area contributed by atoms with Crippen molar-refractivity contribution in [2.45, 2.75) is 38.6 Å². The van der Waals surface area contributed by atoms with Gasteiger partial charge in [0.15, 0.2) is 0 Å². The number of amides is 3. The summed E-state index contributed by atoms with van der Waals surface area (Å²) in [7, 11) is 0. The van der Waals surface area contributed by atoms with Crippen molar-refractivity contribution in [3.05, 3.63) is 35.4 Å². The van der Waals surface area contributed by atoms with E-state index in [0.29, 0.717) is 17.4 Å². The summed E-state index contributed by atoms with van der Waals surface area (Å²) in [4.78, 5) is 53.2. The predicted octanol–water partition coefficient (Wildman–Crippen LogP) is 1.44. The van der Waals surface area contributed by atoms with E-state index in [4.69, 9.17) is 4.84 Å². The van der Waals surface area contributed by atoms with Crippen LogP contribution in [0, 0.1) is 5.92 Å². The number of hydroxylamine groups is 2. The molecule has 0 aromatic heterocycles. The molecule has 1 aliphatic heterocycles. The van der Waals surface area contributed by atoms with Crippen molar-refractivity contribution in [2.75, 3.05) is 0 Å². The first kappa shape index (κ1) is 16.2. The summed E-state index contributed by atoms with van der Waals surface area (Å²) in [5.41, 5.74) is 0.399. The molecule has 0 unspecified atom stereocenters. The van der Waals surface area contributed by atoms with Crippen LogP contribution in [0.2, 0.25) is 0 Å². The van der Waals surface area contributed by atoms with Crippen LogP contribution in [0.25, 0.3) is 0 Å². The Kier molecular flexibility index (Phi) is 4.33. The summed E-state index contributed by atoms with van der Waals surface area (Å²) in [5, 5.41) is 3.02. The van der Waals surface area contributed by atoms with Crippen molar-refractivity contribution in [1.29, 1.82) is 0 Å². The van der Waals surface area contributed by atoms with Crippen molar-refractivity contribution in [3.8, 4) is 0 Å². The Labute approximate surface area is 138 Å². The van der Waals surface area contributed by atoms with Gasteiger partial charge in [0.2, 0.25) is 5.91 Å². The van der Waals surface area contributed by atoms with Crippen LogP contribution in [-0.4, -0.2) is 34.8 Å². The van der Waals surface area contributed by atoms with E-state index < -0.39 is 23.8 Å². The lowest BCUT2D eigenvalue weighted by Gasteiger charge is -2.29. The van der Waals surface area contributed by atoms with E-state index in [1.165, 1.54) is 19.1 Å². The molecule has 0 bridgehead atoms. The Balaban J connectivity index is 1.71. The number of rotatable bonds is 5. The summed E-state index contributed by atoms with van der Waals surface area (Å²) in [5.74, 6) is -2.16. The SMILES string of the molecule is CC(=O)N[C@H](CC1CCC1)C(=O)ON1C(=O)c2ccccc2C1=O. The van der Waals surface area contributed by atoms with E-state index in [9.17, 15) is 19.2 Å². The smallest absolute Gasteiger partial charge is 0.343 e. The molecule has 7 heteroatoms. The van der Waals surface area contributed by atoms with Gasteiger partial charge in [0.05, 0.1) is 11.1 Å². The number of fused-ring (bicyclic) bond motifs is 1. The van der Waals surface area contributed by atoms with Gasteiger partial charge in [0, 0.05) is 6.92 Å². The molecule has 1 atom stereocenters. The van der Waals surface area contributed by atoms with E-state index in [2.05, 4.69) is 5.32 Å². The standard InChI is InChI=1S/C17H18N2O5/c1-10(20)18-14(9-11-5-4-6-11)17(23)24-19-15(21)12-7-2-3-8-13(12)16(19)22/h2-3,7-8,11,14H,4-6,9H2,1H3,(H,18,20)/t14-/m1/s1. The van der Waals surface area contributed by atoms with Crippen LogP contribution in [0.5, 0.6) is 0 Å². The third-order valence-electron chi connectivity index (χ3n) is 4.39. The molecule has 1 N–H and O–H groups in total. The zero-order valence-corrected chi connectivity index (χ0v) is 13.3. The van der Waals surface area contributed by atoms with E-state index in [1.54, 1.807) is 12.1 Å². The van der Waals surface area contributed by atoms with Gasteiger partial charge in [-0.1, -0.05) is 36.5 Å². The highest BCUT2D eigenvalue weighted by molar-refractivity contribution is 6.20. The monoisotopic (exact) mass is 330 g/mol. The molecule has 1 fully saturated rings. The zero-order chi connectivity index (χ0) is 17.3. The van der Waals surface area contributed by atoms with Gasteiger partial charge in [-0.15, -0.1) is 0 Å². The fourth-order valence-corrected chi connectivity index (χ4v) is 2.92. The highest BCUT2D eigenvalue weighted by Crippen LogP contribution is 2.31. The summed E-state index contributed by atoms with van der Waals surface area (Å²) in [6.45, 7) is 1.31. The maximum atomic E-state index is 12.4. The molecular formula is C17H18N2O5. The molecule has 1 aliphatic carbocycles. The summed E-state index contributed by atoms with van der Waals surface area (Å²) >= 11 is 0. The fraction of sp³-hybridized carbons (Fsp3) is 0.412. The normalized spacial score (nSPS) is 18.0. The molecule has 3 rings (SSSR count). The highest BCUT2D eigenvalue weighted by atomic mass is 16.7. The summed E-state index contributed by atoms with van der Waals surface area (Å²) in [6.07, 6.45) is 3.54. The van der Waals surface area contributed by atoms with E-state index in [1.807, 2.05) is 0 Å². The number of nitrogens with one attached hydrogen (secondary N) is 1. The lowest BCUT2D eigenvalue weighted by Crippen LogP contribution is -2.46. The lowest BCUT2D eigenvalue weighted by atomic mass is 9.81. The van der Waals surface area contributed by atoms with Crippen LogP contribution in [0.3, 0.4) is 0 Å². The zero-order valence-electron chi connectivity index (χ0n) is 13.3. The van der Waals surface area contributed by atoms with E-state index in [-0.39, 0.29) is 17.0 Å². The maximum Gasteiger partial charge on any atom is 0.355 e. The first-order chi connectivity index (χ1) is 11.5. The third-order valence-corrected chi connectivity index (χ3v) is 4.39. The molecule has 126 valence electrons. The molecule has 0 radical (unpaired) electrons. The molecule has 1 heterocycles.